The van der Waals surface area contributed by atoms with Gasteiger partial charge in [0.15, 0.2) is 11.5 Å². The Morgan fingerprint density at radius 1 is 0.862 bits per heavy atom. The van der Waals surface area contributed by atoms with Crippen LogP contribution in [-0.2, 0) is 10.0 Å². The van der Waals surface area contributed by atoms with Gasteiger partial charge < -0.3 is 20.1 Å². The largest absolute Gasteiger partial charge is 0.486 e. The molecular weight excluding hydrogens is 394 g/mol. The second-order valence-corrected chi connectivity index (χ2v) is 8.02. The van der Waals surface area contributed by atoms with E-state index in [9.17, 15) is 8.42 Å². The zero-order chi connectivity index (χ0) is 20.3. The highest BCUT2D eigenvalue weighted by Gasteiger charge is 2.13. The number of ether oxygens (including phenoxy) is 2. The van der Waals surface area contributed by atoms with Crippen LogP contribution < -0.4 is 24.8 Å². The number of sulfonamides is 1. The number of benzene rings is 2. The number of anilines is 4. The molecule has 0 aliphatic carbocycles. The Morgan fingerprint density at radius 3 is 2.28 bits per heavy atom. The lowest BCUT2D eigenvalue weighted by Crippen LogP contribution is -2.18. The number of rotatable bonds is 6. The molecule has 29 heavy (non-hydrogen) atoms. The Labute approximate surface area is 168 Å². The van der Waals surface area contributed by atoms with E-state index >= 15 is 0 Å². The van der Waals surface area contributed by atoms with E-state index in [0.717, 1.165) is 5.69 Å². The molecule has 4 rings (SSSR count). The molecule has 0 atom stereocenters. The molecule has 0 saturated heterocycles. The van der Waals surface area contributed by atoms with Crippen LogP contribution in [0.5, 0.6) is 11.5 Å². The van der Waals surface area contributed by atoms with E-state index in [0.29, 0.717) is 42.0 Å². The van der Waals surface area contributed by atoms with Crippen LogP contribution in [0.25, 0.3) is 0 Å². The Hall–Kier alpha value is -3.37. The van der Waals surface area contributed by atoms with Gasteiger partial charge in [-0.25, -0.2) is 23.1 Å². The molecule has 2 heterocycles. The molecule has 0 spiro atoms. The SMILES string of the molecule is CNS(=O)(=O)c1cccc(Nc2cc(Nc3ccc4c(c3)OCCO4)ncn2)c1. The van der Waals surface area contributed by atoms with Crippen LogP contribution in [0.2, 0.25) is 0 Å². The normalized spacial score (nSPS) is 13.0. The Bertz CT molecular complexity index is 1140. The van der Waals surface area contributed by atoms with E-state index in [2.05, 4.69) is 25.3 Å². The van der Waals surface area contributed by atoms with Crippen molar-refractivity contribution >= 4 is 33.0 Å². The average molecular weight is 413 g/mol. The number of fused-ring (bicyclic) bond motifs is 1. The Morgan fingerprint density at radius 2 is 1.55 bits per heavy atom. The van der Waals surface area contributed by atoms with Crippen molar-refractivity contribution in [1.29, 1.82) is 0 Å². The summed E-state index contributed by atoms with van der Waals surface area (Å²) in [7, 11) is -2.16. The van der Waals surface area contributed by atoms with Gasteiger partial charge in [-0.2, -0.15) is 0 Å². The molecule has 10 heteroatoms. The molecule has 1 aromatic heterocycles. The Balaban J connectivity index is 1.52. The van der Waals surface area contributed by atoms with E-state index in [4.69, 9.17) is 9.47 Å². The minimum Gasteiger partial charge on any atom is -0.486 e. The fourth-order valence-electron chi connectivity index (χ4n) is 2.77. The Kier molecular flexibility index (Phi) is 5.19. The van der Waals surface area contributed by atoms with E-state index in [1.165, 1.54) is 25.5 Å². The summed E-state index contributed by atoms with van der Waals surface area (Å²) < 4.78 is 37.3. The molecule has 0 amide bonds. The molecule has 1 aliphatic rings. The first-order valence-corrected chi connectivity index (χ1v) is 10.3. The van der Waals surface area contributed by atoms with E-state index in [1.807, 2.05) is 18.2 Å². The van der Waals surface area contributed by atoms with Gasteiger partial charge in [0.05, 0.1) is 4.90 Å². The third kappa shape index (κ3) is 4.39. The summed E-state index contributed by atoms with van der Waals surface area (Å²) in [5.41, 5.74) is 1.38. The van der Waals surface area contributed by atoms with Crippen molar-refractivity contribution < 1.29 is 17.9 Å². The maximum Gasteiger partial charge on any atom is 0.240 e. The molecule has 2 aromatic carbocycles. The van der Waals surface area contributed by atoms with Crippen molar-refractivity contribution in [3.63, 3.8) is 0 Å². The van der Waals surface area contributed by atoms with Gasteiger partial charge in [0.25, 0.3) is 0 Å². The van der Waals surface area contributed by atoms with Gasteiger partial charge in [0, 0.05) is 23.5 Å². The molecule has 0 radical (unpaired) electrons. The molecule has 0 bridgehead atoms. The van der Waals surface area contributed by atoms with E-state index in [1.54, 1.807) is 18.2 Å². The summed E-state index contributed by atoms with van der Waals surface area (Å²) in [6.45, 7) is 1.05. The van der Waals surface area contributed by atoms with E-state index < -0.39 is 10.0 Å². The fraction of sp³-hybridized carbons (Fsp3) is 0.158. The smallest absolute Gasteiger partial charge is 0.240 e. The van der Waals surface area contributed by atoms with Crippen molar-refractivity contribution in [1.82, 2.24) is 14.7 Å². The summed E-state index contributed by atoms with van der Waals surface area (Å²) in [5, 5.41) is 6.28. The monoisotopic (exact) mass is 413 g/mol. The highest BCUT2D eigenvalue weighted by Crippen LogP contribution is 2.33. The van der Waals surface area contributed by atoms with Crippen LogP contribution in [-0.4, -0.2) is 38.6 Å². The molecule has 0 unspecified atom stereocenters. The quantitative estimate of drug-likeness (QED) is 0.565. The highest BCUT2D eigenvalue weighted by molar-refractivity contribution is 7.89. The maximum atomic E-state index is 12.0. The number of aromatic nitrogens is 2. The van der Waals surface area contributed by atoms with Gasteiger partial charge in [0.1, 0.15) is 31.2 Å². The van der Waals surface area contributed by atoms with Gasteiger partial charge in [-0.1, -0.05) is 6.07 Å². The third-order valence-electron chi connectivity index (χ3n) is 4.17. The predicted octanol–water partition coefficient (Wildman–Crippen LogP) is 2.64. The molecule has 9 nitrogen and oxygen atoms in total. The summed E-state index contributed by atoms with van der Waals surface area (Å²) >= 11 is 0. The zero-order valence-corrected chi connectivity index (χ0v) is 16.4. The molecule has 3 N–H and O–H groups in total. The molecule has 0 saturated carbocycles. The number of hydrogen-bond acceptors (Lipinski definition) is 8. The minimum absolute atomic E-state index is 0.161. The summed E-state index contributed by atoms with van der Waals surface area (Å²) in [6, 6.07) is 13.7. The third-order valence-corrected chi connectivity index (χ3v) is 5.58. The maximum absolute atomic E-state index is 12.0. The molecule has 0 fully saturated rings. The number of nitrogens with one attached hydrogen (secondary N) is 3. The first-order valence-electron chi connectivity index (χ1n) is 8.83. The van der Waals surface area contributed by atoms with Gasteiger partial charge in [-0.05, 0) is 37.4 Å². The molecular formula is C19H19N5O4S. The van der Waals surface area contributed by atoms with Crippen LogP contribution >= 0.6 is 0 Å². The lowest BCUT2D eigenvalue weighted by Gasteiger charge is -2.19. The number of nitrogens with zero attached hydrogens (tertiary/aromatic N) is 2. The first-order chi connectivity index (χ1) is 14.0. The predicted molar refractivity (Wildman–Crippen MR) is 109 cm³/mol. The topological polar surface area (TPSA) is 114 Å². The van der Waals surface area contributed by atoms with E-state index in [-0.39, 0.29) is 4.90 Å². The fourth-order valence-corrected chi connectivity index (χ4v) is 3.55. The van der Waals surface area contributed by atoms with Gasteiger partial charge in [0.2, 0.25) is 10.0 Å². The summed E-state index contributed by atoms with van der Waals surface area (Å²) in [5.74, 6) is 2.47. The van der Waals surface area contributed by atoms with Crippen LogP contribution in [0.3, 0.4) is 0 Å². The lowest BCUT2D eigenvalue weighted by atomic mass is 10.2. The highest BCUT2D eigenvalue weighted by atomic mass is 32.2. The standard InChI is InChI=1S/C19H19N5O4S/c1-20-29(25,26)15-4-2-3-13(9-15)23-18-11-19(22-12-21-18)24-14-5-6-16-17(10-14)28-8-7-27-16/h2-6,9-12,20H,7-8H2,1H3,(H2,21,22,23,24). The summed E-state index contributed by atoms with van der Waals surface area (Å²) in [6.07, 6.45) is 1.41. The second-order valence-electron chi connectivity index (χ2n) is 6.13. The average Bonchev–Trinajstić information content (AvgIpc) is 2.74. The van der Waals surface area contributed by atoms with Crippen molar-refractivity contribution in [2.45, 2.75) is 4.90 Å². The number of hydrogen-bond donors (Lipinski definition) is 3. The van der Waals surface area contributed by atoms with Crippen molar-refractivity contribution in [3.8, 4) is 11.5 Å². The molecule has 1 aliphatic heterocycles. The second kappa shape index (κ2) is 7.94. The van der Waals surface area contributed by atoms with Crippen molar-refractivity contribution in [2.24, 2.45) is 0 Å². The minimum atomic E-state index is -3.53. The van der Waals surface area contributed by atoms with Crippen molar-refractivity contribution in [3.05, 3.63) is 54.9 Å². The first kappa shape index (κ1) is 19.0. The summed E-state index contributed by atoms with van der Waals surface area (Å²) in [4.78, 5) is 8.57. The van der Waals surface area contributed by atoms with Gasteiger partial charge in [-0.3, -0.25) is 0 Å². The van der Waals surface area contributed by atoms with Crippen LogP contribution in [0.15, 0.2) is 59.8 Å². The van der Waals surface area contributed by atoms with Gasteiger partial charge >= 0.3 is 0 Å². The van der Waals surface area contributed by atoms with Crippen LogP contribution in [0, 0.1) is 0 Å². The molecule has 150 valence electrons. The lowest BCUT2D eigenvalue weighted by molar-refractivity contribution is 0.171. The van der Waals surface area contributed by atoms with Crippen LogP contribution in [0.4, 0.5) is 23.0 Å². The van der Waals surface area contributed by atoms with Gasteiger partial charge in [-0.15, -0.1) is 0 Å². The van der Waals surface area contributed by atoms with Crippen LogP contribution in [0.1, 0.15) is 0 Å². The molecule has 3 aromatic rings. The van der Waals surface area contributed by atoms with Crippen molar-refractivity contribution in [2.75, 3.05) is 30.9 Å². The zero-order valence-electron chi connectivity index (χ0n) is 15.5.